The van der Waals surface area contributed by atoms with Gasteiger partial charge in [0.05, 0.1) is 14.2 Å². The summed E-state index contributed by atoms with van der Waals surface area (Å²) in [5.74, 6) is 4.28. The third-order valence-electron chi connectivity index (χ3n) is 4.92. The zero-order chi connectivity index (χ0) is 19.8. The molecule has 1 aliphatic heterocycles. The van der Waals surface area contributed by atoms with Crippen LogP contribution < -0.4 is 14.8 Å². The highest BCUT2D eigenvalue weighted by Gasteiger charge is 2.24. The number of ether oxygens (including phenoxy) is 2. The van der Waals surface area contributed by atoms with E-state index >= 15 is 0 Å². The van der Waals surface area contributed by atoms with Crippen molar-refractivity contribution in [2.45, 2.75) is 17.9 Å². The van der Waals surface area contributed by atoms with Crippen LogP contribution in [0.4, 0.5) is 0 Å². The molecule has 1 aliphatic rings. The molecule has 3 rings (SSSR count). The zero-order valence-corrected chi connectivity index (χ0v) is 17.7. The molecular weight excluding hydrogens is 370 g/mol. The Bertz CT molecular complexity index is 783. The molecule has 1 saturated heterocycles. The van der Waals surface area contributed by atoms with E-state index in [1.54, 1.807) is 14.2 Å². The van der Waals surface area contributed by atoms with Gasteiger partial charge in [0, 0.05) is 37.3 Å². The molecule has 1 heterocycles. The monoisotopic (exact) mass is 399 g/mol. The summed E-state index contributed by atoms with van der Waals surface area (Å²) in [5, 5.41) is 3.48. The van der Waals surface area contributed by atoms with Crippen molar-refractivity contribution in [1.29, 1.82) is 0 Å². The summed E-state index contributed by atoms with van der Waals surface area (Å²) in [5.41, 5.74) is 1.13. The second kappa shape index (κ2) is 10.3. The predicted octanol–water partition coefficient (Wildman–Crippen LogP) is 3.89. The smallest absolute Gasteiger partial charge is 0.193 e. The molecule has 0 aromatic heterocycles. The summed E-state index contributed by atoms with van der Waals surface area (Å²) in [6.07, 6.45) is 1.21. The molecule has 0 spiro atoms. The van der Waals surface area contributed by atoms with Gasteiger partial charge in [-0.05, 0) is 42.2 Å². The van der Waals surface area contributed by atoms with Gasteiger partial charge in [-0.1, -0.05) is 24.3 Å². The molecule has 0 saturated carbocycles. The molecule has 1 atom stereocenters. The van der Waals surface area contributed by atoms with Gasteiger partial charge in [-0.2, -0.15) is 0 Å². The van der Waals surface area contributed by atoms with Crippen molar-refractivity contribution >= 4 is 17.7 Å². The second-order valence-electron chi connectivity index (χ2n) is 6.81. The van der Waals surface area contributed by atoms with E-state index < -0.39 is 0 Å². The SMILES string of the molecule is CN=C(NCc1ccc(OC)c(OC)c1)N1CCC(CSc2ccccc2)C1. The maximum Gasteiger partial charge on any atom is 0.193 e. The lowest BCUT2D eigenvalue weighted by atomic mass is 10.2. The predicted molar refractivity (Wildman–Crippen MR) is 117 cm³/mol. The van der Waals surface area contributed by atoms with Crippen LogP contribution in [-0.2, 0) is 6.54 Å². The number of likely N-dealkylation sites (tertiary alicyclic amines) is 1. The van der Waals surface area contributed by atoms with Crippen LogP contribution in [0, 0.1) is 5.92 Å². The summed E-state index contributed by atoms with van der Waals surface area (Å²) < 4.78 is 10.7. The Kier molecular flexibility index (Phi) is 7.48. The summed E-state index contributed by atoms with van der Waals surface area (Å²) in [7, 11) is 5.16. The standard InChI is InChI=1S/C22H29N3O2S/c1-23-22(24-14-17-9-10-20(26-2)21(13-17)27-3)25-12-11-18(15-25)16-28-19-7-5-4-6-8-19/h4-10,13,18H,11-12,14-16H2,1-3H3,(H,23,24). The molecule has 1 fully saturated rings. The largest absolute Gasteiger partial charge is 0.493 e. The van der Waals surface area contributed by atoms with Gasteiger partial charge in [0.1, 0.15) is 0 Å². The van der Waals surface area contributed by atoms with Crippen LogP contribution in [0.5, 0.6) is 11.5 Å². The molecule has 2 aromatic carbocycles. The van der Waals surface area contributed by atoms with Gasteiger partial charge in [-0.3, -0.25) is 4.99 Å². The molecule has 1 N–H and O–H groups in total. The summed E-state index contributed by atoms with van der Waals surface area (Å²) >= 11 is 1.94. The van der Waals surface area contributed by atoms with Crippen LogP contribution in [0.3, 0.4) is 0 Å². The maximum absolute atomic E-state index is 5.39. The topological polar surface area (TPSA) is 46.1 Å². The Morgan fingerprint density at radius 2 is 1.93 bits per heavy atom. The first-order valence-corrected chi connectivity index (χ1v) is 10.6. The number of aliphatic imine (C=N–C) groups is 1. The fourth-order valence-corrected chi connectivity index (χ4v) is 4.45. The van der Waals surface area contributed by atoms with Crippen molar-refractivity contribution in [3.05, 3.63) is 54.1 Å². The summed E-state index contributed by atoms with van der Waals surface area (Å²) in [4.78, 5) is 8.19. The van der Waals surface area contributed by atoms with Crippen molar-refractivity contribution in [3.63, 3.8) is 0 Å². The first-order valence-electron chi connectivity index (χ1n) is 9.57. The van der Waals surface area contributed by atoms with Gasteiger partial charge in [0.2, 0.25) is 0 Å². The lowest BCUT2D eigenvalue weighted by molar-refractivity contribution is 0.354. The molecule has 0 bridgehead atoms. The van der Waals surface area contributed by atoms with E-state index in [1.165, 1.54) is 11.3 Å². The summed E-state index contributed by atoms with van der Waals surface area (Å²) in [6, 6.07) is 16.6. The van der Waals surface area contributed by atoms with Gasteiger partial charge in [0.25, 0.3) is 0 Å². The Hall–Kier alpha value is -2.34. The van der Waals surface area contributed by atoms with Crippen LogP contribution >= 0.6 is 11.8 Å². The van der Waals surface area contributed by atoms with E-state index in [1.807, 2.05) is 37.0 Å². The quantitative estimate of drug-likeness (QED) is 0.435. The fourth-order valence-electron chi connectivity index (χ4n) is 3.40. The number of guanidine groups is 1. The molecule has 0 radical (unpaired) electrons. The van der Waals surface area contributed by atoms with E-state index in [0.717, 1.165) is 41.9 Å². The number of thioether (sulfide) groups is 1. The van der Waals surface area contributed by atoms with E-state index in [-0.39, 0.29) is 0 Å². The average molecular weight is 400 g/mol. The molecule has 6 heteroatoms. The van der Waals surface area contributed by atoms with E-state index in [4.69, 9.17) is 9.47 Å². The normalized spacial score (nSPS) is 16.9. The Morgan fingerprint density at radius 3 is 2.64 bits per heavy atom. The number of hydrogen-bond donors (Lipinski definition) is 1. The first-order chi connectivity index (χ1) is 13.7. The minimum Gasteiger partial charge on any atom is -0.493 e. The molecule has 5 nitrogen and oxygen atoms in total. The zero-order valence-electron chi connectivity index (χ0n) is 16.9. The van der Waals surface area contributed by atoms with Gasteiger partial charge in [0.15, 0.2) is 17.5 Å². The molecular formula is C22H29N3O2S. The van der Waals surface area contributed by atoms with E-state index in [2.05, 4.69) is 45.5 Å². The third kappa shape index (κ3) is 5.35. The number of benzene rings is 2. The lowest BCUT2D eigenvalue weighted by Crippen LogP contribution is -2.39. The highest BCUT2D eigenvalue weighted by atomic mass is 32.2. The number of methoxy groups -OCH3 is 2. The van der Waals surface area contributed by atoms with Crippen molar-refractivity contribution in [2.24, 2.45) is 10.9 Å². The number of nitrogens with one attached hydrogen (secondary N) is 1. The summed E-state index contributed by atoms with van der Waals surface area (Å²) in [6.45, 7) is 2.80. The van der Waals surface area contributed by atoms with Gasteiger partial charge >= 0.3 is 0 Å². The third-order valence-corrected chi connectivity index (χ3v) is 6.17. The van der Waals surface area contributed by atoms with E-state index in [9.17, 15) is 0 Å². The number of rotatable bonds is 7. The lowest BCUT2D eigenvalue weighted by Gasteiger charge is -2.22. The Labute approximate surface area is 172 Å². The van der Waals surface area contributed by atoms with Crippen molar-refractivity contribution in [3.8, 4) is 11.5 Å². The number of hydrogen-bond acceptors (Lipinski definition) is 4. The molecule has 0 aliphatic carbocycles. The molecule has 150 valence electrons. The molecule has 2 aromatic rings. The van der Waals surface area contributed by atoms with Crippen molar-refractivity contribution < 1.29 is 9.47 Å². The first kappa shape index (κ1) is 20.4. The average Bonchev–Trinajstić information content (AvgIpc) is 3.22. The fraction of sp³-hybridized carbons (Fsp3) is 0.409. The number of nitrogens with zero attached hydrogens (tertiary/aromatic N) is 2. The minimum atomic E-state index is 0.685. The van der Waals surface area contributed by atoms with E-state index in [0.29, 0.717) is 12.5 Å². The van der Waals surface area contributed by atoms with Crippen LogP contribution in [0.25, 0.3) is 0 Å². The molecule has 0 amide bonds. The van der Waals surface area contributed by atoms with Crippen molar-refractivity contribution in [1.82, 2.24) is 10.2 Å². The minimum absolute atomic E-state index is 0.685. The maximum atomic E-state index is 5.39. The Balaban J connectivity index is 1.50. The van der Waals surface area contributed by atoms with Gasteiger partial charge in [-0.25, -0.2) is 0 Å². The van der Waals surface area contributed by atoms with Crippen LogP contribution in [-0.4, -0.2) is 51.0 Å². The highest BCUT2D eigenvalue weighted by Crippen LogP contribution is 2.28. The van der Waals surface area contributed by atoms with Crippen LogP contribution in [0.2, 0.25) is 0 Å². The second-order valence-corrected chi connectivity index (χ2v) is 7.91. The highest BCUT2D eigenvalue weighted by molar-refractivity contribution is 7.99. The molecule has 28 heavy (non-hydrogen) atoms. The molecule has 1 unspecified atom stereocenters. The van der Waals surface area contributed by atoms with Gasteiger partial charge < -0.3 is 19.7 Å². The van der Waals surface area contributed by atoms with Gasteiger partial charge in [-0.15, -0.1) is 11.8 Å². The van der Waals surface area contributed by atoms with Crippen molar-refractivity contribution in [2.75, 3.05) is 40.1 Å². The Morgan fingerprint density at radius 1 is 1.14 bits per heavy atom. The van der Waals surface area contributed by atoms with Crippen LogP contribution in [0.1, 0.15) is 12.0 Å². The van der Waals surface area contributed by atoms with Crippen LogP contribution in [0.15, 0.2) is 58.4 Å².